The van der Waals surface area contributed by atoms with E-state index in [1.807, 2.05) is 0 Å². The SMILES string of the molecule is CCCCCCCCCCCCOC(O)C(O)CCCCCCCC. The predicted molar refractivity (Wildman–Crippen MR) is 108 cm³/mol. The third-order valence-electron chi connectivity index (χ3n) is 4.97. The van der Waals surface area contributed by atoms with Gasteiger partial charge in [-0.25, -0.2) is 0 Å². The first-order valence-electron chi connectivity index (χ1n) is 11.2. The second-order valence-electron chi connectivity index (χ2n) is 7.57. The first kappa shape index (κ1) is 24.9. The van der Waals surface area contributed by atoms with E-state index in [2.05, 4.69) is 13.8 Å². The highest BCUT2D eigenvalue weighted by atomic mass is 16.6. The van der Waals surface area contributed by atoms with Gasteiger partial charge >= 0.3 is 0 Å². The molecule has 2 N–H and O–H groups in total. The first-order valence-corrected chi connectivity index (χ1v) is 11.2. The average Bonchev–Trinajstić information content (AvgIpc) is 2.62. The van der Waals surface area contributed by atoms with Crippen LogP contribution in [0.25, 0.3) is 0 Å². The Hall–Kier alpha value is -0.120. The summed E-state index contributed by atoms with van der Waals surface area (Å²) in [7, 11) is 0. The molecule has 0 aliphatic heterocycles. The van der Waals surface area contributed by atoms with Gasteiger partial charge in [-0.15, -0.1) is 0 Å². The molecule has 0 amide bonds. The first-order chi connectivity index (χ1) is 12.2. The fraction of sp³-hybridized carbons (Fsp3) is 1.00. The number of hydrogen-bond donors (Lipinski definition) is 2. The Morgan fingerprint density at radius 1 is 0.560 bits per heavy atom. The van der Waals surface area contributed by atoms with Crippen molar-refractivity contribution in [3.05, 3.63) is 0 Å². The molecule has 0 bridgehead atoms. The summed E-state index contributed by atoms with van der Waals surface area (Å²) in [6.07, 6.45) is 19.0. The second kappa shape index (κ2) is 20.2. The summed E-state index contributed by atoms with van der Waals surface area (Å²) in [6.45, 7) is 5.03. The van der Waals surface area contributed by atoms with E-state index in [9.17, 15) is 10.2 Å². The Kier molecular flexibility index (Phi) is 20.1. The van der Waals surface area contributed by atoms with Crippen LogP contribution >= 0.6 is 0 Å². The smallest absolute Gasteiger partial charge is 0.180 e. The van der Waals surface area contributed by atoms with Crippen molar-refractivity contribution in [3.63, 3.8) is 0 Å². The maximum absolute atomic E-state index is 9.91. The molecule has 0 radical (unpaired) electrons. The van der Waals surface area contributed by atoms with Crippen molar-refractivity contribution in [1.82, 2.24) is 0 Å². The van der Waals surface area contributed by atoms with Crippen LogP contribution in [0.1, 0.15) is 123 Å². The molecule has 3 heteroatoms. The van der Waals surface area contributed by atoms with Crippen molar-refractivity contribution in [3.8, 4) is 0 Å². The third-order valence-corrected chi connectivity index (χ3v) is 4.97. The topological polar surface area (TPSA) is 49.7 Å². The Balaban J connectivity index is 3.29. The standard InChI is InChI=1S/C22H46O3/c1-3-5-7-9-11-12-13-14-16-18-20-25-22(24)21(23)19-17-15-10-8-6-4-2/h21-24H,3-20H2,1-2H3. The number of aliphatic hydroxyl groups is 2. The van der Waals surface area contributed by atoms with Crippen LogP contribution in [0, 0.1) is 0 Å². The highest BCUT2D eigenvalue weighted by Gasteiger charge is 2.15. The summed E-state index contributed by atoms with van der Waals surface area (Å²) in [5, 5.41) is 19.7. The van der Waals surface area contributed by atoms with Gasteiger partial charge in [0.15, 0.2) is 6.29 Å². The quantitative estimate of drug-likeness (QED) is 0.197. The van der Waals surface area contributed by atoms with Gasteiger partial charge in [-0.3, -0.25) is 0 Å². The highest BCUT2D eigenvalue weighted by Crippen LogP contribution is 2.13. The van der Waals surface area contributed by atoms with E-state index in [-0.39, 0.29) is 0 Å². The number of rotatable bonds is 20. The van der Waals surface area contributed by atoms with E-state index in [0.29, 0.717) is 13.0 Å². The summed E-state index contributed by atoms with van der Waals surface area (Å²) in [6, 6.07) is 0. The lowest BCUT2D eigenvalue weighted by molar-refractivity contribution is -0.163. The molecule has 3 nitrogen and oxygen atoms in total. The van der Waals surface area contributed by atoms with Gasteiger partial charge in [-0.1, -0.05) is 110 Å². The van der Waals surface area contributed by atoms with Crippen molar-refractivity contribution in [2.24, 2.45) is 0 Å². The lowest BCUT2D eigenvalue weighted by Crippen LogP contribution is -2.29. The molecule has 0 fully saturated rings. The molecule has 0 saturated carbocycles. The van der Waals surface area contributed by atoms with E-state index in [4.69, 9.17) is 4.74 Å². The Morgan fingerprint density at radius 3 is 1.44 bits per heavy atom. The Bertz CT molecular complexity index is 245. The van der Waals surface area contributed by atoms with Crippen molar-refractivity contribution in [2.75, 3.05) is 6.61 Å². The molecule has 0 heterocycles. The molecule has 152 valence electrons. The number of ether oxygens (including phenoxy) is 1. The van der Waals surface area contributed by atoms with Gasteiger partial charge in [0.2, 0.25) is 0 Å². The van der Waals surface area contributed by atoms with E-state index in [1.165, 1.54) is 77.0 Å². The van der Waals surface area contributed by atoms with Gasteiger partial charge in [0.1, 0.15) is 6.10 Å². The summed E-state index contributed by atoms with van der Waals surface area (Å²) in [5.41, 5.74) is 0. The van der Waals surface area contributed by atoms with Crippen LogP contribution in [-0.4, -0.2) is 29.2 Å². The van der Waals surface area contributed by atoms with Gasteiger partial charge in [-0.05, 0) is 12.8 Å². The van der Waals surface area contributed by atoms with Crippen LogP contribution in [0.3, 0.4) is 0 Å². The molecule has 0 spiro atoms. The molecular weight excluding hydrogens is 312 g/mol. The van der Waals surface area contributed by atoms with Crippen molar-refractivity contribution < 1.29 is 14.9 Å². The fourth-order valence-corrected chi connectivity index (χ4v) is 3.18. The predicted octanol–water partition coefficient (Wildman–Crippen LogP) is 6.35. The molecule has 0 aliphatic rings. The molecular formula is C22H46O3. The van der Waals surface area contributed by atoms with Crippen LogP contribution < -0.4 is 0 Å². The lowest BCUT2D eigenvalue weighted by Gasteiger charge is -2.18. The van der Waals surface area contributed by atoms with Crippen LogP contribution in [0.2, 0.25) is 0 Å². The summed E-state index contributed by atoms with van der Waals surface area (Å²) in [4.78, 5) is 0. The second-order valence-corrected chi connectivity index (χ2v) is 7.57. The Labute approximate surface area is 157 Å². The molecule has 0 aromatic carbocycles. The van der Waals surface area contributed by atoms with E-state index in [0.717, 1.165) is 25.7 Å². The summed E-state index contributed by atoms with van der Waals surface area (Å²) < 4.78 is 5.38. The molecule has 0 saturated heterocycles. The zero-order valence-corrected chi connectivity index (χ0v) is 17.2. The normalized spacial score (nSPS) is 13.9. The van der Waals surface area contributed by atoms with Crippen LogP contribution in [0.5, 0.6) is 0 Å². The minimum Gasteiger partial charge on any atom is -0.388 e. The monoisotopic (exact) mass is 358 g/mol. The van der Waals surface area contributed by atoms with Crippen LogP contribution in [-0.2, 0) is 4.74 Å². The average molecular weight is 359 g/mol. The van der Waals surface area contributed by atoms with E-state index in [1.54, 1.807) is 0 Å². The minimum atomic E-state index is -1.01. The summed E-state index contributed by atoms with van der Waals surface area (Å²) >= 11 is 0. The largest absolute Gasteiger partial charge is 0.388 e. The zero-order chi connectivity index (χ0) is 18.6. The molecule has 0 aromatic rings. The maximum Gasteiger partial charge on any atom is 0.180 e. The fourth-order valence-electron chi connectivity index (χ4n) is 3.18. The third kappa shape index (κ3) is 18.5. The van der Waals surface area contributed by atoms with Crippen LogP contribution in [0.15, 0.2) is 0 Å². The zero-order valence-electron chi connectivity index (χ0n) is 17.2. The van der Waals surface area contributed by atoms with Gasteiger partial charge in [0, 0.05) is 6.61 Å². The van der Waals surface area contributed by atoms with Gasteiger partial charge < -0.3 is 14.9 Å². The highest BCUT2D eigenvalue weighted by molar-refractivity contribution is 4.59. The molecule has 2 atom stereocenters. The van der Waals surface area contributed by atoms with Crippen molar-refractivity contribution in [2.45, 2.75) is 135 Å². The molecule has 0 aromatic heterocycles. The number of hydrogen-bond acceptors (Lipinski definition) is 3. The maximum atomic E-state index is 9.91. The van der Waals surface area contributed by atoms with Gasteiger partial charge in [-0.2, -0.15) is 0 Å². The van der Waals surface area contributed by atoms with Gasteiger partial charge in [0.05, 0.1) is 0 Å². The molecule has 25 heavy (non-hydrogen) atoms. The lowest BCUT2D eigenvalue weighted by atomic mass is 10.1. The van der Waals surface area contributed by atoms with Gasteiger partial charge in [0.25, 0.3) is 0 Å². The molecule has 0 rings (SSSR count). The molecule has 2 unspecified atom stereocenters. The minimum absolute atomic E-state index is 0.561. The summed E-state index contributed by atoms with van der Waals surface area (Å²) in [5.74, 6) is 0. The molecule has 0 aliphatic carbocycles. The van der Waals surface area contributed by atoms with Crippen molar-refractivity contribution in [1.29, 1.82) is 0 Å². The number of aliphatic hydroxyl groups excluding tert-OH is 2. The van der Waals surface area contributed by atoms with E-state index >= 15 is 0 Å². The Morgan fingerprint density at radius 2 is 0.960 bits per heavy atom. The van der Waals surface area contributed by atoms with Crippen molar-refractivity contribution >= 4 is 0 Å². The van der Waals surface area contributed by atoms with E-state index < -0.39 is 12.4 Å². The number of unbranched alkanes of at least 4 members (excludes halogenated alkanes) is 14. The van der Waals surface area contributed by atoms with Crippen LogP contribution in [0.4, 0.5) is 0 Å².